The minimum Gasteiger partial charge on any atom is -0.397 e. The van der Waals surface area contributed by atoms with Gasteiger partial charge in [-0.05, 0) is 24.3 Å². The molecule has 0 unspecified atom stereocenters. The molecular formula is C12H13BrN4. The second-order valence-corrected chi connectivity index (χ2v) is 4.64. The van der Waals surface area contributed by atoms with Crippen LogP contribution < -0.4 is 10.6 Å². The fourth-order valence-corrected chi connectivity index (χ4v) is 1.96. The van der Waals surface area contributed by atoms with Gasteiger partial charge >= 0.3 is 0 Å². The fourth-order valence-electron chi connectivity index (χ4n) is 1.58. The van der Waals surface area contributed by atoms with Crippen LogP contribution in [0.15, 0.2) is 41.1 Å². The van der Waals surface area contributed by atoms with Crippen molar-refractivity contribution in [1.29, 1.82) is 0 Å². The minimum atomic E-state index is 0.632. The molecule has 0 radical (unpaired) electrons. The quantitative estimate of drug-likeness (QED) is 0.883. The maximum atomic E-state index is 5.96. The Hall–Kier alpha value is -1.62. The highest BCUT2D eigenvalue weighted by Crippen LogP contribution is 2.26. The maximum Gasteiger partial charge on any atom is 0.147 e. The van der Waals surface area contributed by atoms with Crippen LogP contribution in [0.4, 0.5) is 11.4 Å². The van der Waals surface area contributed by atoms with E-state index in [2.05, 4.69) is 25.9 Å². The number of hydrogen-bond acceptors (Lipinski definition) is 4. The zero-order valence-electron chi connectivity index (χ0n) is 9.47. The predicted molar refractivity (Wildman–Crippen MR) is 72.7 cm³/mol. The SMILES string of the molecule is CN(Cc1ncccn1)c1ccc(Br)cc1N. The molecule has 0 saturated carbocycles. The summed E-state index contributed by atoms with van der Waals surface area (Å²) in [5.41, 5.74) is 7.67. The number of hydrogen-bond donors (Lipinski definition) is 1. The van der Waals surface area contributed by atoms with Crippen molar-refractivity contribution in [3.63, 3.8) is 0 Å². The van der Waals surface area contributed by atoms with Gasteiger partial charge < -0.3 is 10.6 Å². The van der Waals surface area contributed by atoms with Gasteiger partial charge in [0.2, 0.25) is 0 Å². The third kappa shape index (κ3) is 2.94. The molecule has 2 aromatic rings. The smallest absolute Gasteiger partial charge is 0.147 e. The zero-order valence-corrected chi connectivity index (χ0v) is 11.1. The molecule has 5 heteroatoms. The summed E-state index contributed by atoms with van der Waals surface area (Å²) in [7, 11) is 1.97. The lowest BCUT2D eigenvalue weighted by atomic mass is 10.2. The van der Waals surface area contributed by atoms with Crippen LogP contribution in [0.25, 0.3) is 0 Å². The highest BCUT2D eigenvalue weighted by atomic mass is 79.9. The van der Waals surface area contributed by atoms with E-state index in [-0.39, 0.29) is 0 Å². The van der Waals surface area contributed by atoms with Gasteiger partial charge in [0.1, 0.15) is 5.82 Å². The summed E-state index contributed by atoms with van der Waals surface area (Å²) in [5, 5.41) is 0. The molecule has 0 saturated heterocycles. The number of anilines is 2. The van der Waals surface area contributed by atoms with Crippen LogP contribution in [0.2, 0.25) is 0 Å². The van der Waals surface area contributed by atoms with Gasteiger partial charge in [-0.2, -0.15) is 0 Å². The number of nitrogen functional groups attached to an aromatic ring is 1. The van der Waals surface area contributed by atoms with Gasteiger partial charge in [0.15, 0.2) is 0 Å². The van der Waals surface area contributed by atoms with E-state index in [0.29, 0.717) is 6.54 Å². The van der Waals surface area contributed by atoms with Crippen molar-refractivity contribution in [3.8, 4) is 0 Å². The molecule has 2 N–H and O–H groups in total. The van der Waals surface area contributed by atoms with Gasteiger partial charge in [-0.25, -0.2) is 9.97 Å². The lowest BCUT2D eigenvalue weighted by molar-refractivity contribution is 0.838. The van der Waals surface area contributed by atoms with Crippen LogP contribution in [-0.4, -0.2) is 17.0 Å². The second kappa shape index (κ2) is 5.14. The summed E-state index contributed by atoms with van der Waals surface area (Å²) in [4.78, 5) is 10.4. The maximum absolute atomic E-state index is 5.96. The summed E-state index contributed by atoms with van der Waals surface area (Å²) >= 11 is 3.39. The Bertz CT molecular complexity index is 501. The van der Waals surface area contributed by atoms with Gasteiger partial charge in [0.05, 0.1) is 17.9 Å². The van der Waals surface area contributed by atoms with E-state index in [1.165, 1.54) is 0 Å². The molecule has 1 heterocycles. The Kier molecular flexibility index (Phi) is 3.58. The molecule has 0 spiro atoms. The normalized spacial score (nSPS) is 10.2. The fraction of sp³-hybridized carbons (Fsp3) is 0.167. The first kappa shape index (κ1) is 11.9. The predicted octanol–water partition coefficient (Wildman–Crippen LogP) is 2.46. The van der Waals surface area contributed by atoms with Crippen LogP contribution >= 0.6 is 15.9 Å². The number of rotatable bonds is 3. The van der Waals surface area contributed by atoms with Crippen LogP contribution in [-0.2, 0) is 6.54 Å². The van der Waals surface area contributed by atoms with Crippen molar-refractivity contribution in [2.24, 2.45) is 0 Å². The molecule has 0 aliphatic carbocycles. The van der Waals surface area contributed by atoms with Crippen LogP contribution in [0.3, 0.4) is 0 Å². The van der Waals surface area contributed by atoms with Gasteiger partial charge in [0.25, 0.3) is 0 Å². The van der Waals surface area contributed by atoms with E-state index in [4.69, 9.17) is 5.73 Å². The van der Waals surface area contributed by atoms with Crippen LogP contribution in [0, 0.1) is 0 Å². The summed E-state index contributed by atoms with van der Waals surface area (Å²) in [6.07, 6.45) is 3.47. The summed E-state index contributed by atoms with van der Waals surface area (Å²) in [6, 6.07) is 7.63. The molecule has 0 fully saturated rings. The molecule has 0 amide bonds. The Morgan fingerprint density at radius 3 is 2.65 bits per heavy atom. The molecule has 17 heavy (non-hydrogen) atoms. The van der Waals surface area contributed by atoms with E-state index in [0.717, 1.165) is 21.7 Å². The molecular weight excluding hydrogens is 280 g/mol. The average Bonchev–Trinajstić information content (AvgIpc) is 2.30. The molecule has 0 aliphatic heterocycles. The summed E-state index contributed by atoms with van der Waals surface area (Å²) in [6.45, 7) is 0.632. The monoisotopic (exact) mass is 292 g/mol. The molecule has 88 valence electrons. The molecule has 1 aromatic heterocycles. The molecule has 0 aliphatic rings. The number of nitrogens with two attached hydrogens (primary N) is 1. The van der Waals surface area contributed by atoms with E-state index in [1.54, 1.807) is 18.5 Å². The number of halogens is 1. The van der Waals surface area contributed by atoms with Gasteiger partial charge in [-0.1, -0.05) is 15.9 Å². The average molecular weight is 293 g/mol. The van der Waals surface area contributed by atoms with E-state index in [1.807, 2.05) is 30.1 Å². The molecule has 1 aromatic carbocycles. The van der Waals surface area contributed by atoms with Gasteiger partial charge in [-0.15, -0.1) is 0 Å². The Labute approximate surface area is 109 Å². The van der Waals surface area contributed by atoms with E-state index in [9.17, 15) is 0 Å². The van der Waals surface area contributed by atoms with Crippen molar-refractivity contribution in [2.75, 3.05) is 17.7 Å². The lowest BCUT2D eigenvalue weighted by Crippen LogP contribution is -2.19. The molecule has 2 rings (SSSR count). The van der Waals surface area contributed by atoms with Gasteiger partial charge in [-0.3, -0.25) is 0 Å². The minimum absolute atomic E-state index is 0.632. The molecule has 0 atom stereocenters. The highest BCUT2D eigenvalue weighted by Gasteiger charge is 2.07. The van der Waals surface area contributed by atoms with Crippen molar-refractivity contribution in [3.05, 3.63) is 47.0 Å². The first-order valence-electron chi connectivity index (χ1n) is 5.19. The van der Waals surface area contributed by atoms with Crippen molar-refractivity contribution in [2.45, 2.75) is 6.54 Å². The summed E-state index contributed by atoms with van der Waals surface area (Å²) < 4.78 is 0.975. The topological polar surface area (TPSA) is 55.0 Å². The number of nitrogens with zero attached hydrogens (tertiary/aromatic N) is 3. The first-order chi connectivity index (χ1) is 8.16. The van der Waals surface area contributed by atoms with Crippen LogP contribution in [0.5, 0.6) is 0 Å². The van der Waals surface area contributed by atoms with Crippen molar-refractivity contribution in [1.82, 2.24) is 9.97 Å². The number of benzene rings is 1. The second-order valence-electron chi connectivity index (χ2n) is 3.72. The highest BCUT2D eigenvalue weighted by molar-refractivity contribution is 9.10. The molecule has 0 bridgehead atoms. The van der Waals surface area contributed by atoms with Crippen molar-refractivity contribution >= 4 is 27.3 Å². The largest absolute Gasteiger partial charge is 0.397 e. The van der Waals surface area contributed by atoms with E-state index < -0.39 is 0 Å². The zero-order chi connectivity index (χ0) is 12.3. The van der Waals surface area contributed by atoms with Gasteiger partial charge in [0, 0.05) is 23.9 Å². The number of aromatic nitrogens is 2. The van der Waals surface area contributed by atoms with Crippen LogP contribution in [0.1, 0.15) is 5.82 Å². The summed E-state index contributed by atoms with van der Waals surface area (Å²) in [5.74, 6) is 0.775. The Morgan fingerprint density at radius 2 is 2.00 bits per heavy atom. The van der Waals surface area contributed by atoms with Crippen molar-refractivity contribution < 1.29 is 0 Å². The Morgan fingerprint density at radius 1 is 1.29 bits per heavy atom. The Balaban J connectivity index is 2.17. The third-order valence-corrected chi connectivity index (χ3v) is 2.89. The molecule has 4 nitrogen and oxygen atoms in total. The third-order valence-electron chi connectivity index (χ3n) is 2.40. The lowest BCUT2D eigenvalue weighted by Gasteiger charge is -2.20. The van der Waals surface area contributed by atoms with E-state index >= 15 is 0 Å². The standard InChI is InChI=1S/C12H13BrN4/c1-17(8-12-15-5-2-6-16-12)11-4-3-9(13)7-10(11)14/h2-7H,8,14H2,1H3. The first-order valence-corrected chi connectivity index (χ1v) is 5.98.